The van der Waals surface area contributed by atoms with Gasteiger partial charge in [0, 0.05) is 17.6 Å². The predicted octanol–water partition coefficient (Wildman–Crippen LogP) is 0.531. The van der Waals surface area contributed by atoms with Gasteiger partial charge in [0.25, 0.3) is 0 Å². The van der Waals surface area contributed by atoms with E-state index in [1.807, 2.05) is 0 Å². The third kappa shape index (κ3) is 4.27. The largest absolute Gasteiger partial charge is 0.550 e. The van der Waals surface area contributed by atoms with E-state index in [-0.39, 0.29) is 29.7 Å². The van der Waals surface area contributed by atoms with Crippen LogP contribution in [0.3, 0.4) is 0 Å². The van der Waals surface area contributed by atoms with Crippen molar-refractivity contribution >= 4 is 29.5 Å². The SMILES string of the molecule is COC(=O)c1cc(NC(=O)[C@@H]2CC=CC[C@H]2C(=O)[O-])cc(C(=O)OC)c1. The third-order valence-electron chi connectivity index (χ3n) is 4.11. The smallest absolute Gasteiger partial charge is 0.337 e. The minimum Gasteiger partial charge on any atom is -0.550 e. The molecular weight excluding hydrogens is 342 g/mol. The molecule has 1 aromatic rings. The van der Waals surface area contributed by atoms with Crippen molar-refractivity contribution in [1.29, 1.82) is 0 Å². The molecule has 0 radical (unpaired) electrons. The molecule has 0 aliphatic heterocycles. The molecule has 1 amide bonds. The fourth-order valence-electron chi connectivity index (χ4n) is 2.77. The van der Waals surface area contributed by atoms with Gasteiger partial charge in [-0.3, -0.25) is 4.79 Å². The molecule has 0 aromatic heterocycles. The Labute approximate surface area is 149 Å². The molecule has 8 nitrogen and oxygen atoms in total. The number of rotatable bonds is 5. The van der Waals surface area contributed by atoms with Crippen molar-refractivity contribution in [1.82, 2.24) is 0 Å². The lowest BCUT2D eigenvalue weighted by Crippen LogP contribution is -2.41. The molecule has 0 fully saturated rings. The van der Waals surface area contributed by atoms with Crippen LogP contribution in [-0.2, 0) is 19.1 Å². The molecule has 0 bridgehead atoms. The number of allylic oxidation sites excluding steroid dienone is 2. The minimum atomic E-state index is -1.30. The number of ether oxygens (including phenoxy) is 2. The maximum atomic E-state index is 12.5. The van der Waals surface area contributed by atoms with E-state index in [2.05, 4.69) is 14.8 Å². The zero-order valence-electron chi connectivity index (χ0n) is 14.3. The first-order chi connectivity index (χ1) is 12.4. The highest BCUT2D eigenvalue weighted by Crippen LogP contribution is 2.27. The Hall–Kier alpha value is -3.16. The summed E-state index contributed by atoms with van der Waals surface area (Å²) in [5, 5.41) is 13.8. The van der Waals surface area contributed by atoms with Gasteiger partial charge in [0.2, 0.25) is 5.91 Å². The van der Waals surface area contributed by atoms with Gasteiger partial charge in [-0.2, -0.15) is 0 Å². The van der Waals surface area contributed by atoms with Gasteiger partial charge in [0.05, 0.1) is 31.3 Å². The van der Waals surface area contributed by atoms with Crippen molar-refractivity contribution in [3.05, 3.63) is 41.5 Å². The predicted molar refractivity (Wildman–Crippen MR) is 88.1 cm³/mol. The van der Waals surface area contributed by atoms with Gasteiger partial charge < -0.3 is 24.7 Å². The van der Waals surface area contributed by atoms with Crippen molar-refractivity contribution in [2.24, 2.45) is 11.8 Å². The van der Waals surface area contributed by atoms with E-state index in [1.165, 1.54) is 32.4 Å². The number of anilines is 1. The summed E-state index contributed by atoms with van der Waals surface area (Å²) in [6, 6.07) is 3.95. The lowest BCUT2D eigenvalue weighted by atomic mass is 9.82. The molecule has 1 aromatic carbocycles. The zero-order chi connectivity index (χ0) is 19.3. The van der Waals surface area contributed by atoms with Crippen LogP contribution in [0.4, 0.5) is 5.69 Å². The Morgan fingerprint density at radius 1 is 0.923 bits per heavy atom. The number of nitrogens with one attached hydrogen (secondary N) is 1. The second-order valence-corrected chi connectivity index (χ2v) is 5.75. The molecule has 1 aliphatic carbocycles. The average molecular weight is 360 g/mol. The molecule has 2 atom stereocenters. The van der Waals surface area contributed by atoms with Crippen LogP contribution in [-0.4, -0.2) is 38.0 Å². The number of esters is 2. The van der Waals surface area contributed by atoms with Crippen molar-refractivity contribution in [3.8, 4) is 0 Å². The van der Waals surface area contributed by atoms with Crippen molar-refractivity contribution in [2.45, 2.75) is 12.8 Å². The van der Waals surface area contributed by atoms with Gasteiger partial charge in [-0.15, -0.1) is 0 Å². The summed E-state index contributed by atoms with van der Waals surface area (Å²) >= 11 is 0. The highest BCUT2D eigenvalue weighted by molar-refractivity contribution is 6.00. The second-order valence-electron chi connectivity index (χ2n) is 5.75. The van der Waals surface area contributed by atoms with Crippen LogP contribution in [0.5, 0.6) is 0 Å². The molecule has 138 valence electrons. The molecular formula is C18H18NO7-. The maximum absolute atomic E-state index is 12.5. The Kier molecular flexibility index (Phi) is 6.11. The summed E-state index contributed by atoms with van der Waals surface area (Å²) < 4.78 is 9.26. The fraction of sp³-hybridized carbons (Fsp3) is 0.333. The second kappa shape index (κ2) is 8.28. The minimum absolute atomic E-state index is 0.0469. The number of methoxy groups -OCH3 is 2. The van der Waals surface area contributed by atoms with Gasteiger partial charge in [0.15, 0.2) is 0 Å². The van der Waals surface area contributed by atoms with Gasteiger partial charge in [0.1, 0.15) is 0 Å². The van der Waals surface area contributed by atoms with E-state index in [0.717, 1.165) is 0 Å². The van der Waals surface area contributed by atoms with Gasteiger partial charge in [-0.05, 0) is 31.0 Å². The quantitative estimate of drug-likeness (QED) is 0.600. The topological polar surface area (TPSA) is 122 Å². The zero-order valence-corrected chi connectivity index (χ0v) is 14.3. The highest BCUT2D eigenvalue weighted by atomic mass is 16.5. The molecule has 0 saturated carbocycles. The molecule has 8 heteroatoms. The Bertz CT molecular complexity index is 735. The molecule has 2 rings (SSSR count). The molecule has 0 unspecified atom stereocenters. The van der Waals surface area contributed by atoms with Crippen LogP contribution in [0.15, 0.2) is 30.4 Å². The van der Waals surface area contributed by atoms with Crippen LogP contribution in [0.1, 0.15) is 33.6 Å². The molecule has 1 aliphatic rings. The monoisotopic (exact) mass is 360 g/mol. The first kappa shape index (κ1) is 19.2. The van der Waals surface area contributed by atoms with E-state index < -0.39 is 35.7 Å². The molecule has 1 N–H and O–H groups in total. The first-order valence-corrected chi connectivity index (χ1v) is 7.85. The number of benzene rings is 1. The summed E-state index contributed by atoms with van der Waals surface area (Å²) in [6.07, 6.45) is 3.88. The number of carbonyl (C=O) groups is 4. The average Bonchev–Trinajstić information content (AvgIpc) is 2.66. The third-order valence-corrected chi connectivity index (χ3v) is 4.11. The standard InChI is InChI=1S/C18H19NO7/c1-25-17(23)10-7-11(18(24)26-2)9-12(8-10)19-15(20)13-5-3-4-6-14(13)16(21)22/h3-4,7-9,13-14H,5-6H2,1-2H3,(H,19,20)(H,21,22)/p-1/t13-,14-/m1/s1. The van der Waals surface area contributed by atoms with E-state index in [4.69, 9.17) is 0 Å². The summed E-state index contributed by atoms with van der Waals surface area (Å²) in [7, 11) is 2.37. The van der Waals surface area contributed by atoms with Crippen LogP contribution in [0.2, 0.25) is 0 Å². The number of carboxylic acid groups (broad SMARTS) is 1. The van der Waals surface area contributed by atoms with Crippen LogP contribution >= 0.6 is 0 Å². The van der Waals surface area contributed by atoms with Gasteiger partial charge in [-0.25, -0.2) is 9.59 Å². The van der Waals surface area contributed by atoms with E-state index in [9.17, 15) is 24.3 Å². The van der Waals surface area contributed by atoms with Crippen LogP contribution < -0.4 is 10.4 Å². The van der Waals surface area contributed by atoms with Gasteiger partial charge >= 0.3 is 11.9 Å². The van der Waals surface area contributed by atoms with Crippen molar-refractivity contribution in [2.75, 3.05) is 19.5 Å². The van der Waals surface area contributed by atoms with E-state index in [0.29, 0.717) is 0 Å². The number of hydrogen-bond acceptors (Lipinski definition) is 7. The van der Waals surface area contributed by atoms with Gasteiger partial charge in [-0.1, -0.05) is 12.2 Å². The summed E-state index contributed by atoms with van der Waals surface area (Å²) in [4.78, 5) is 47.3. The molecule has 0 saturated heterocycles. The molecule has 0 spiro atoms. The van der Waals surface area contributed by atoms with Crippen molar-refractivity contribution in [3.63, 3.8) is 0 Å². The van der Waals surface area contributed by atoms with Crippen LogP contribution in [0, 0.1) is 11.8 Å². The highest BCUT2D eigenvalue weighted by Gasteiger charge is 2.30. The Balaban J connectivity index is 2.30. The first-order valence-electron chi connectivity index (χ1n) is 7.85. The summed E-state index contributed by atoms with van der Waals surface area (Å²) in [6.45, 7) is 0. The van der Waals surface area contributed by atoms with Crippen LogP contribution in [0.25, 0.3) is 0 Å². The van der Waals surface area contributed by atoms with E-state index in [1.54, 1.807) is 12.2 Å². The number of aliphatic carboxylic acids is 1. The summed E-state index contributed by atoms with van der Waals surface area (Å²) in [5.74, 6) is -4.98. The number of carboxylic acids is 1. The van der Waals surface area contributed by atoms with E-state index >= 15 is 0 Å². The Morgan fingerprint density at radius 2 is 1.42 bits per heavy atom. The Morgan fingerprint density at radius 3 is 1.88 bits per heavy atom. The number of amides is 1. The lowest BCUT2D eigenvalue weighted by molar-refractivity contribution is -0.313. The maximum Gasteiger partial charge on any atom is 0.337 e. The normalized spacial score (nSPS) is 18.7. The van der Waals surface area contributed by atoms with Crippen molar-refractivity contribution < 1.29 is 33.8 Å². The fourth-order valence-corrected chi connectivity index (χ4v) is 2.77. The summed E-state index contributed by atoms with van der Waals surface area (Å²) in [5.41, 5.74) is 0.251. The lowest BCUT2D eigenvalue weighted by Gasteiger charge is -2.28. The number of carbonyl (C=O) groups excluding carboxylic acids is 4. The molecule has 0 heterocycles. The number of hydrogen-bond donors (Lipinski definition) is 1. The molecule has 26 heavy (non-hydrogen) atoms.